The van der Waals surface area contributed by atoms with Crippen molar-refractivity contribution in [2.45, 2.75) is 32.2 Å². The Kier molecular flexibility index (Phi) is 4.41. The van der Waals surface area contributed by atoms with Crippen molar-refractivity contribution in [2.75, 3.05) is 19.6 Å². The Hall–Kier alpha value is -1.08. The lowest BCUT2D eigenvalue weighted by molar-refractivity contribution is -0.132. The molecule has 1 heterocycles. The average molecular weight is 195 g/mol. The van der Waals surface area contributed by atoms with Crippen molar-refractivity contribution < 1.29 is 4.79 Å². The minimum absolute atomic E-state index is 0.0698. The molecule has 1 saturated heterocycles. The quantitative estimate of drug-likeness (QED) is 0.667. The topological polar surface area (TPSA) is 56.1 Å². The monoisotopic (exact) mass is 195 g/mol. The van der Waals surface area contributed by atoms with Gasteiger partial charge in [0.1, 0.15) is 0 Å². The van der Waals surface area contributed by atoms with Gasteiger partial charge in [-0.3, -0.25) is 4.79 Å². The van der Waals surface area contributed by atoms with E-state index in [4.69, 9.17) is 5.26 Å². The van der Waals surface area contributed by atoms with E-state index in [0.29, 0.717) is 6.42 Å². The number of carbonyl (C=O) groups excluding carboxylic acids is 1. The molecule has 0 aromatic rings. The molecular formula is C10H17N3O. The predicted octanol–water partition coefficient (Wildman–Crippen LogP) is 0.501. The smallest absolute Gasteiger partial charge is 0.239 e. The fourth-order valence-electron chi connectivity index (χ4n) is 1.63. The summed E-state index contributed by atoms with van der Waals surface area (Å²) in [5, 5.41) is 11.6. The van der Waals surface area contributed by atoms with Crippen LogP contribution in [0.3, 0.4) is 0 Å². The Labute approximate surface area is 84.9 Å². The molecule has 1 fully saturated rings. The second-order valence-electron chi connectivity index (χ2n) is 3.62. The third-order valence-electron chi connectivity index (χ3n) is 2.45. The Morgan fingerprint density at radius 1 is 1.71 bits per heavy atom. The van der Waals surface area contributed by atoms with E-state index in [1.807, 2.05) is 11.8 Å². The number of carbonyl (C=O) groups is 1. The molecule has 4 nitrogen and oxygen atoms in total. The normalized spacial score (nSPS) is 23.0. The molecule has 1 amide bonds. The molecule has 4 heteroatoms. The summed E-state index contributed by atoms with van der Waals surface area (Å²) in [6.07, 6.45) is 2.32. The Balaban J connectivity index is 2.40. The molecule has 1 aliphatic rings. The first-order chi connectivity index (χ1) is 6.75. The SMILES string of the molecule is CC1NCCCN(CCCC#N)C1=O. The number of rotatable bonds is 3. The highest BCUT2D eigenvalue weighted by molar-refractivity contribution is 5.81. The van der Waals surface area contributed by atoms with Gasteiger partial charge in [-0.2, -0.15) is 5.26 Å². The van der Waals surface area contributed by atoms with Gasteiger partial charge in [-0.25, -0.2) is 0 Å². The van der Waals surface area contributed by atoms with Gasteiger partial charge in [-0.05, 0) is 26.3 Å². The third kappa shape index (κ3) is 3.00. The van der Waals surface area contributed by atoms with Gasteiger partial charge in [-0.15, -0.1) is 0 Å². The number of nitriles is 1. The van der Waals surface area contributed by atoms with Crippen molar-refractivity contribution in [3.63, 3.8) is 0 Å². The molecular weight excluding hydrogens is 178 g/mol. The van der Waals surface area contributed by atoms with Crippen molar-refractivity contribution in [3.8, 4) is 6.07 Å². The molecule has 0 aromatic heterocycles. The first-order valence-electron chi connectivity index (χ1n) is 5.15. The highest BCUT2D eigenvalue weighted by Gasteiger charge is 2.21. The van der Waals surface area contributed by atoms with E-state index in [-0.39, 0.29) is 11.9 Å². The lowest BCUT2D eigenvalue weighted by Crippen LogP contribution is -2.41. The zero-order valence-electron chi connectivity index (χ0n) is 8.62. The minimum Gasteiger partial charge on any atom is -0.341 e. The zero-order chi connectivity index (χ0) is 10.4. The van der Waals surface area contributed by atoms with E-state index in [0.717, 1.165) is 32.5 Å². The van der Waals surface area contributed by atoms with E-state index in [1.165, 1.54) is 0 Å². The number of nitrogens with one attached hydrogen (secondary N) is 1. The average Bonchev–Trinajstić information content (AvgIpc) is 2.33. The maximum absolute atomic E-state index is 11.7. The van der Waals surface area contributed by atoms with Crippen LogP contribution in [0.5, 0.6) is 0 Å². The molecule has 0 aromatic carbocycles. The summed E-state index contributed by atoms with van der Waals surface area (Å²) < 4.78 is 0. The lowest BCUT2D eigenvalue weighted by Gasteiger charge is -2.21. The third-order valence-corrected chi connectivity index (χ3v) is 2.45. The summed E-state index contributed by atoms with van der Waals surface area (Å²) in [6.45, 7) is 4.34. The van der Waals surface area contributed by atoms with Gasteiger partial charge in [0, 0.05) is 19.5 Å². The van der Waals surface area contributed by atoms with Gasteiger partial charge in [-0.1, -0.05) is 0 Å². The summed E-state index contributed by atoms with van der Waals surface area (Å²) in [6, 6.07) is 2.03. The molecule has 1 unspecified atom stereocenters. The van der Waals surface area contributed by atoms with Gasteiger partial charge in [0.05, 0.1) is 12.1 Å². The van der Waals surface area contributed by atoms with E-state index >= 15 is 0 Å². The second-order valence-corrected chi connectivity index (χ2v) is 3.62. The number of unbranched alkanes of at least 4 members (excludes halogenated alkanes) is 1. The minimum atomic E-state index is -0.0698. The Morgan fingerprint density at radius 3 is 3.21 bits per heavy atom. The van der Waals surface area contributed by atoms with Crippen molar-refractivity contribution in [1.29, 1.82) is 5.26 Å². The van der Waals surface area contributed by atoms with Crippen LogP contribution in [-0.4, -0.2) is 36.5 Å². The second kappa shape index (κ2) is 5.61. The molecule has 14 heavy (non-hydrogen) atoms. The molecule has 1 rings (SSSR count). The summed E-state index contributed by atoms with van der Waals surface area (Å²) in [7, 11) is 0. The fourth-order valence-corrected chi connectivity index (χ4v) is 1.63. The zero-order valence-corrected chi connectivity index (χ0v) is 8.62. The van der Waals surface area contributed by atoms with Crippen LogP contribution in [0, 0.1) is 11.3 Å². The van der Waals surface area contributed by atoms with Gasteiger partial charge >= 0.3 is 0 Å². The molecule has 78 valence electrons. The van der Waals surface area contributed by atoms with Crippen LogP contribution in [-0.2, 0) is 4.79 Å². The Morgan fingerprint density at radius 2 is 2.50 bits per heavy atom. The summed E-state index contributed by atoms with van der Waals surface area (Å²) in [5.74, 6) is 0.167. The summed E-state index contributed by atoms with van der Waals surface area (Å²) in [4.78, 5) is 13.6. The lowest BCUT2D eigenvalue weighted by atomic mass is 10.2. The van der Waals surface area contributed by atoms with Gasteiger partial charge < -0.3 is 10.2 Å². The fraction of sp³-hybridized carbons (Fsp3) is 0.800. The molecule has 1 N–H and O–H groups in total. The highest BCUT2D eigenvalue weighted by Crippen LogP contribution is 2.04. The molecule has 1 atom stereocenters. The van der Waals surface area contributed by atoms with E-state index < -0.39 is 0 Å². The maximum atomic E-state index is 11.7. The van der Waals surface area contributed by atoms with Crippen molar-refractivity contribution >= 4 is 5.91 Å². The summed E-state index contributed by atoms with van der Waals surface area (Å²) >= 11 is 0. The predicted molar refractivity (Wildman–Crippen MR) is 53.5 cm³/mol. The van der Waals surface area contributed by atoms with Crippen molar-refractivity contribution in [2.24, 2.45) is 0 Å². The van der Waals surface area contributed by atoms with Crippen LogP contribution in [0.15, 0.2) is 0 Å². The first-order valence-corrected chi connectivity index (χ1v) is 5.15. The number of hydrogen-bond acceptors (Lipinski definition) is 3. The number of hydrogen-bond donors (Lipinski definition) is 1. The molecule has 1 aliphatic heterocycles. The van der Waals surface area contributed by atoms with Crippen LogP contribution >= 0.6 is 0 Å². The van der Waals surface area contributed by atoms with Crippen LogP contribution < -0.4 is 5.32 Å². The Bertz CT molecular complexity index is 234. The first kappa shape index (κ1) is 11.0. The molecule has 0 radical (unpaired) electrons. The van der Waals surface area contributed by atoms with E-state index in [2.05, 4.69) is 11.4 Å². The van der Waals surface area contributed by atoms with Crippen LogP contribution in [0.1, 0.15) is 26.2 Å². The van der Waals surface area contributed by atoms with E-state index in [9.17, 15) is 4.79 Å². The highest BCUT2D eigenvalue weighted by atomic mass is 16.2. The van der Waals surface area contributed by atoms with Crippen molar-refractivity contribution in [1.82, 2.24) is 10.2 Å². The molecule has 0 spiro atoms. The standard InChI is InChI=1S/C10H17N3O/c1-9-10(14)13(7-3-2-5-11)8-4-6-12-9/h9,12H,2-4,6-8H2,1H3. The van der Waals surface area contributed by atoms with Crippen LogP contribution in [0.2, 0.25) is 0 Å². The van der Waals surface area contributed by atoms with Crippen LogP contribution in [0.4, 0.5) is 0 Å². The van der Waals surface area contributed by atoms with E-state index in [1.54, 1.807) is 0 Å². The molecule has 0 saturated carbocycles. The number of amides is 1. The van der Waals surface area contributed by atoms with Gasteiger partial charge in [0.15, 0.2) is 0 Å². The van der Waals surface area contributed by atoms with Crippen molar-refractivity contribution in [3.05, 3.63) is 0 Å². The largest absolute Gasteiger partial charge is 0.341 e. The molecule has 0 bridgehead atoms. The maximum Gasteiger partial charge on any atom is 0.239 e. The van der Waals surface area contributed by atoms with Gasteiger partial charge in [0.25, 0.3) is 0 Å². The van der Waals surface area contributed by atoms with Gasteiger partial charge in [0.2, 0.25) is 5.91 Å². The van der Waals surface area contributed by atoms with Crippen LogP contribution in [0.25, 0.3) is 0 Å². The number of nitrogens with zero attached hydrogens (tertiary/aromatic N) is 2. The molecule has 0 aliphatic carbocycles. The summed E-state index contributed by atoms with van der Waals surface area (Å²) in [5.41, 5.74) is 0.